The maximum absolute atomic E-state index is 15.4. The first-order valence-electron chi connectivity index (χ1n) is 38.9. The predicted octanol–water partition coefficient (Wildman–Crippen LogP) is 5.43. The van der Waals surface area contributed by atoms with Gasteiger partial charge in [0, 0.05) is 45.2 Å². The minimum Gasteiger partial charge on any atom is -0.487 e. The van der Waals surface area contributed by atoms with E-state index in [4.69, 9.17) is 4.74 Å². The molecule has 10 bridgehead atoms. The molecule has 12 atom stereocenters. The number of nitrogens with zero attached hydrogens (tertiary/aromatic N) is 5. The fourth-order valence-corrected chi connectivity index (χ4v) is 16.2. The number of aromatic nitrogens is 3. The van der Waals surface area contributed by atoms with Crippen molar-refractivity contribution in [3.63, 3.8) is 0 Å². The lowest BCUT2D eigenvalue weighted by molar-refractivity contribution is -0.145. The van der Waals surface area contributed by atoms with E-state index in [9.17, 15) is 37.5 Å². The number of amides is 9. The first kappa shape index (κ1) is 83.3. The number of carboxylic acids is 1. The highest BCUT2D eigenvalue weighted by Gasteiger charge is 2.49. The molecule has 0 spiro atoms. The van der Waals surface area contributed by atoms with Crippen molar-refractivity contribution >= 4 is 90.7 Å². The summed E-state index contributed by atoms with van der Waals surface area (Å²) in [6, 6.07) is 27.9. The Morgan fingerprint density at radius 3 is 1.56 bits per heavy atom. The highest BCUT2D eigenvalue weighted by molar-refractivity contribution is 7.91. The van der Waals surface area contributed by atoms with Gasteiger partial charge in [-0.05, 0) is 145 Å². The number of hydrogen-bond acceptors (Lipinski definition) is 17. The van der Waals surface area contributed by atoms with Gasteiger partial charge >= 0.3 is 5.97 Å². The molecular formula is C84H106N14O14S. The van der Waals surface area contributed by atoms with E-state index in [1.165, 1.54) is 14.5 Å². The number of likely N-dealkylation sites (tertiary alicyclic amines) is 2. The van der Waals surface area contributed by atoms with Gasteiger partial charge in [0.25, 0.3) is 5.91 Å². The standard InChI is InChI=1S/C84H106N14O14S/c1-49(85-9)73(99)91-71(83(3,4)5)80(106)96-45-56-18-12-11-17-51-23-25-52(26-24-51)40-68(82(108)109)90-76(102)66(42-55-28-32-58-20-14-16-22-60(58)38-55)89-79(105)70-44-62(47-97(70)81(107)72(84(6,7)8)92-74(100)50(2)86-10)98-46-61(93-95-98)48-112-63-33-29-53(30-34-63)39-67(77(103)94-113(110,111)64-35-36-64)87-75(101)65(88-78(104)69(96)43-56)41-54-27-31-57-19-13-15-21-59(57)37-54/h13-16,19-34,37-38,46,49-50,56,62,64-72,85-86H,11-12,17-18,35-36,39-45,47-48H2,1-10H3,(H,87,101)(H,88,104)(H,89,105)(H,90,102)(H,91,99)(H,92,100)(H,94,103)(H,108,109)/t49-,50-,56-,62-,65-,66-,67-,68-,69-,70-,71+,72+/m0/s1. The van der Waals surface area contributed by atoms with Crippen LogP contribution in [-0.4, -0.2) is 190 Å². The Hall–Kier alpha value is -10.6. The van der Waals surface area contributed by atoms with E-state index in [0.29, 0.717) is 72.2 Å². The lowest BCUT2D eigenvalue weighted by Crippen LogP contribution is -2.61. The molecule has 28 nitrogen and oxygen atoms in total. The van der Waals surface area contributed by atoms with E-state index in [2.05, 4.69) is 57.6 Å². The molecule has 113 heavy (non-hydrogen) atoms. The highest BCUT2D eigenvalue weighted by atomic mass is 32.2. The number of aliphatic carboxylic acids is 1. The molecular weight excluding hydrogens is 1460 g/mol. The molecule has 1 saturated carbocycles. The molecule has 6 aliphatic heterocycles. The van der Waals surface area contributed by atoms with Crippen molar-refractivity contribution in [2.75, 3.05) is 27.2 Å². The fraction of sp³-hybridized carbons (Fsp3) is 0.476. The van der Waals surface area contributed by atoms with Crippen LogP contribution in [0.1, 0.15) is 140 Å². The lowest BCUT2D eigenvalue weighted by atomic mass is 9.85. The zero-order chi connectivity index (χ0) is 81.2. The summed E-state index contributed by atoms with van der Waals surface area (Å²) in [7, 11) is -0.915. The number of carbonyl (C=O) groups excluding carboxylic acids is 9. The average Bonchev–Trinajstić information content (AvgIpc) is 1.67. The van der Waals surface area contributed by atoms with Crippen LogP contribution in [0, 0.1) is 16.7 Å². The van der Waals surface area contributed by atoms with Crippen LogP contribution < -0.4 is 52.0 Å². The Morgan fingerprint density at radius 2 is 1.05 bits per heavy atom. The quantitative estimate of drug-likeness (QED) is 0.0576. The van der Waals surface area contributed by atoms with Crippen molar-refractivity contribution in [2.24, 2.45) is 16.7 Å². The Labute approximate surface area is 659 Å². The molecule has 29 heteroatoms. The van der Waals surface area contributed by atoms with Crippen molar-refractivity contribution < 1.29 is 66.2 Å². The summed E-state index contributed by atoms with van der Waals surface area (Å²) < 4.78 is 37.0. The van der Waals surface area contributed by atoms with Crippen LogP contribution in [0.3, 0.4) is 0 Å². The van der Waals surface area contributed by atoms with E-state index in [-0.39, 0.29) is 64.1 Å². The molecule has 7 heterocycles. The number of carbonyl (C=O) groups is 10. The van der Waals surface area contributed by atoms with Crippen molar-refractivity contribution in [3.05, 3.63) is 173 Å². The molecule has 2 saturated heterocycles. The Kier molecular flexibility index (Phi) is 26.5. The normalized spacial score (nSPS) is 22.5. The highest BCUT2D eigenvalue weighted by Crippen LogP contribution is 2.35. The van der Waals surface area contributed by atoms with Crippen LogP contribution >= 0.6 is 0 Å². The Bertz CT molecular complexity index is 4770. The number of hydrogen-bond donors (Lipinski definition) is 10. The molecule has 602 valence electrons. The molecule has 14 rings (SSSR count). The topological polar surface area (TPSA) is 380 Å². The van der Waals surface area contributed by atoms with Gasteiger partial charge in [0.2, 0.25) is 57.3 Å². The SMILES string of the molecule is CN[C@@H](C)C(=O)N[C@H](C(=O)N1C[C@@H]2C[C@H]1C(=O)N[C@@H](Cc1ccc3ccccc3c1)C(=O)N[C@H](C(=O)O)Cc1ccc(cc1)CCCC[C@H]1C[C@@H](C(=O)N[C@@H](Cc3ccc4ccccc4c3)C(=O)N[C@H](C(=O)NS(=O)(=O)C3CC3)Cc3ccc(cc3)OCc3cn2nn3)N(C(=O)[C@@H](NC(=O)[C@H](C)NC)C(C)(C)C)C1)C(C)(C)C. The smallest absolute Gasteiger partial charge is 0.326 e. The van der Waals surface area contributed by atoms with Gasteiger partial charge in [0.15, 0.2) is 0 Å². The summed E-state index contributed by atoms with van der Waals surface area (Å²) >= 11 is 0. The minimum absolute atomic E-state index is 0.0371. The number of rotatable bonds is 16. The minimum atomic E-state index is -4.16. The lowest BCUT2D eigenvalue weighted by Gasteiger charge is -2.36. The van der Waals surface area contributed by atoms with E-state index < -0.39 is 152 Å². The fourth-order valence-electron chi connectivity index (χ4n) is 14.8. The van der Waals surface area contributed by atoms with E-state index in [1.54, 1.807) is 91.3 Å². The number of benzene rings is 6. The van der Waals surface area contributed by atoms with E-state index >= 15 is 24.0 Å². The van der Waals surface area contributed by atoms with Gasteiger partial charge in [-0.2, -0.15) is 0 Å². The second-order valence-electron chi connectivity index (χ2n) is 32.8. The van der Waals surface area contributed by atoms with Crippen molar-refractivity contribution in [3.8, 4) is 5.75 Å². The first-order chi connectivity index (χ1) is 53.7. The summed E-state index contributed by atoms with van der Waals surface area (Å²) in [5.74, 6) is -7.17. The number of likely N-dealkylation sites (N-methyl/N-ethyl adjacent to an activating group) is 2. The second kappa shape index (κ2) is 36.0. The molecule has 7 aromatic rings. The third kappa shape index (κ3) is 21.4. The largest absolute Gasteiger partial charge is 0.487 e. The number of carboxylic acid groups (broad SMARTS) is 1. The summed E-state index contributed by atoms with van der Waals surface area (Å²) in [4.78, 5) is 149. The predicted molar refractivity (Wildman–Crippen MR) is 426 cm³/mol. The number of aryl methyl sites for hydroxylation is 1. The van der Waals surface area contributed by atoms with Crippen LogP contribution in [0.4, 0.5) is 0 Å². The van der Waals surface area contributed by atoms with Gasteiger partial charge < -0.3 is 62.2 Å². The van der Waals surface area contributed by atoms with E-state index in [0.717, 1.165) is 27.1 Å². The molecule has 10 N–H and O–H groups in total. The van der Waals surface area contributed by atoms with Crippen molar-refractivity contribution in [1.29, 1.82) is 0 Å². The number of nitrogens with one attached hydrogen (secondary N) is 9. The third-order valence-corrected chi connectivity index (χ3v) is 23.8. The molecule has 6 aromatic carbocycles. The number of ether oxygens (including phenoxy) is 1. The molecule has 7 aliphatic rings. The van der Waals surface area contributed by atoms with Crippen LogP contribution in [0.2, 0.25) is 0 Å². The van der Waals surface area contributed by atoms with E-state index in [1.807, 2.05) is 118 Å². The molecule has 0 radical (unpaired) electrons. The van der Waals surface area contributed by atoms with Crippen molar-refractivity contribution in [2.45, 2.75) is 211 Å². The summed E-state index contributed by atoms with van der Waals surface area (Å²) in [5.41, 5.74) is 1.90. The maximum atomic E-state index is 15.4. The maximum Gasteiger partial charge on any atom is 0.326 e. The van der Waals surface area contributed by atoms with Crippen LogP contribution in [-0.2, 0) is 96.7 Å². The molecule has 1 aliphatic carbocycles. The summed E-state index contributed by atoms with van der Waals surface area (Å²) in [6.07, 6.45) is 4.40. The van der Waals surface area contributed by atoms with Gasteiger partial charge in [-0.25, -0.2) is 17.9 Å². The second-order valence-corrected chi connectivity index (χ2v) is 34.8. The van der Waals surface area contributed by atoms with Gasteiger partial charge in [0.05, 0.1) is 29.6 Å². The Balaban J connectivity index is 0.929. The molecule has 0 unspecified atom stereocenters. The average molecular weight is 1570 g/mol. The van der Waals surface area contributed by atoms with Crippen LogP contribution in [0.15, 0.2) is 140 Å². The van der Waals surface area contributed by atoms with Gasteiger partial charge in [-0.3, -0.25) is 47.9 Å². The van der Waals surface area contributed by atoms with Crippen LogP contribution in [0.5, 0.6) is 5.75 Å². The monoisotopic (exact) mass is 1570 g/mol. The Morgan fingerprint density at radius 1 is 0.575 bits per heavy atom. The molecule has 1 aromatic heterocycles. The molecule has 3 fully saturated rings. The molecule has 9 amide bonds. The van der Waals surface area contributed by atoms with Gasteiger partial charge in [-0.1, -0.05) is 175 Å². The van der Waals surface area contributed by atoms with Crippen molar-refractivity contribution in [1.82, 2.24) is 72.1 Å². The number of sulfonamides is 1. The van der Waals surface area contributed by atoms with Crippen LogP contribution in [0.25, 0.3) is 21.5 Å². The van der Waals surface area contributed by atoms with Gasteiger partial charge in [-0.15, -0.1) is 5.10 Å². The third-order valence-electron chi connectivity index (χ3n) is 22.0. The zero-order valence-electron chi connectivity index (χ0n) is 65.8. The van der Waals surface area contributed by atoms with Gasteiger partial charge in [0.1, 0.15) is 66.4 Å². The summed E-state index contributed by atoms with van der Waals surface area (Å²) in [5, 5.41) is 45.6. The zero-order valence-corrected chi connectivity index (χ0v) is 66.6. The first-order valence-corrected chi connectivity index (χ1v) is 40.5. The summed E-state index contributed by atoms with van der Waals surface area (Å²) in [6.45, 7) is 14.0. The number of fused-ring (bicyclic) bond motifs is 2.